The summed E-state index contributed by atoms with van der Waals surface area (Å²) < 4.78 is 10.4. The minimum absolute atomic E-state index is 0.0974. The number of rotatable bonds is 10. The number of hydrogen-bond acceptors (Lipinski definition) is 6. The molecule has 0 aliphatic rings. The van der Waals surface area contributed by atoms with Gasteiger partial charge in [0, 0.05) is 51.5 Å². The summed E-state index contributed by atoms with van der Waals surface area (Å²) in [5.74, 6) is 0. The fourth-order valence-corrected chi connectivity index (χ4v) is 2.78. The molecule has 0 aliphatic carbocycles. The number of aromatic nitrogens is 1. The molecule has 1 aromatic heterocycles. The van der Waals surface area contributed by atoms with Crippen LogP contribution in [0.4, 0.5) is 5.13 Å². The molecule has 0 fully saturated rings. The SMILES string of the molecule is CCN(CC)c1ncc(CNCC(COC)OC)s1. The van der Waals surface area contributed by atoms with Crippen LogP contribution in [0.1, 0.15) is 18.7 Å². The van der Waals surface area contributed by atoms with Gasteiger partial charge in [-0.15, -0.1) is 11.3 Å². The lowest BCUT2D eigenvalue weighted by molar-refractivity contribution is 0.0288. The van der Waals surface area contributed by atoms with E-state index in [2.05, 4.69) is 29.0 Å². The molecule has 0 saturated heterocycles. The van der Waals surface area contributed by atoms with Crippen LogP contribution in [0.2, 0.25) is 0 Å². The number of nitrogens with zero attached hydrogens (tertiary/aromatic N) is 2. The average molecular weight is 287 g/mol. The maximum absolute atomic E-state index is 5.30. The molecule has 1 rings (SSSR count). The Kier molecular flexibility index (Phi) is 7.97. The summed E-state index contributed by atoms with van der Waals surface area (Å²) in [4.78, 5) is 7.97. The van der Waals surface area contributed by atoms with Gasteiger partial charge < -0.3 is 19.7 Å². The Morgan fingerprint density at radius 1 is 1.37 bits per heavy atom. The fourth-order valence-electron chi connectivity index (χ4n) is 1.77. The summed E-state index contributed by atoms with van der Waals surface area (Å²) in [6.45, 7) is 8.50. The smallest absolute Gasteiger partial charge is 0.185 e. The molecule has 1 N–H and O–H groups in total. The van der Waals surface area contributed by atoms with Crippen LogP contribution in [0, 0.1) is 0 Å². The van der Waals surface area contributed by atoms with E-state index in [1.54, 1.807) is 25.6 Å². The monoisotopic (exact) mass is 287 g/mol. The molecule has 0 radical (unpaired) electrons. The molecule has 0 bridgehead atoms. The summed E-state index contributed by atoms with van der Waals surface area (Å²) in [6, 6.07) is 0. The quantitative estimate of drug-likeness (QED) is 0.710. The topological polar surface area (TPSA) is 46.6 Å². The normalized spacial score (nSPS) is 12.6. The van der Waals surface area contributed by atoms with Crippen LogP contribution in [0.15, 0.2) is 6.20 Å². The highest BCUT2D eigenvalue weighted by Gasteiger charge is 2.09. The Balaban J connectivity index is 2.37. The van der Waals surface area contributed by atoms with Gasteiger partial charge in [-0.2, -0.15) is 0 Å². The first-order valence-corrected chi connectivity index (χ1v) is 7.48. The Morgan fingerprint density at radius 2 is 2.11 bits per heavy atom. The van der Waals surface area contributed by atoms with Gasteiger partial charge in [-0.25, -0.2) is 4.98 Å². The first-order chi connectivity index (χ1) is 9.24. The van der Waals surface area contributed by atoms with E-state index in [4.69, 9.17) is 9.47 Å². The van der Waals surface area contributed by atoms with E-state index in [0.29, 0.717) is 6.61 Å². The number of methoxy groups -OCH3 is 2. The molecular weight excluding hydrogens is 262 g/mol. The largest absolute Gasteiger partial charge is 0.382 e. The molecule has 19 heavy (non-hydrogen) atoms. The van der Waals surface area contributed by atoms with E-state index in [0.717, 1.165) is 31.3 Å². The van der Waals surface area contributed by atoms with Crippen molar-refractivity contribution in [3.63, 3.8) is 0 Å². The molecule has 6 heteroatoms. The molecule has 1 atom stereocenters. The Bertz CT molecular complexity index is 342. The van der Waals surface area contributed by atoms with Crippen molar-refractivity contribution in [2.24, 2.45) is 0 Å². The zero-order valence-corrected chi connectivity index (χ0v) is 13.1. The van der Waals surface area contributed by atoms with Crippen molar-refractivity contribution in [2.45, 2.75) is 26.5 Å². The van der Waals surface area contributed by atoms with E-state index in [1.807, 2.05) is 6.20 Å². The number of anilines is 1. The number of ether oxygens (including phenoxy) is 2. The van der Waals surface area contributed by atoms with Crippen molar-refractivity contribution in [3.05, 3.63) is 11.1 Å². The number of hydrogen-bond donors (Lipinski definition) is 1. The van der Waals surface area contributed by atoms with Crippen LogP contribution in [0.25, 0.3) is 0 Å². The summed E-state index contributed by atoms with van der Waals surface area (Å²) >= 11 is 1.74. The lowest BCUT2D eigenvalue weighted by atomic mass is 10.3. The zero-order chi connectivity index (χ0) is 14.1. The van der Waals surface area contributed by atoms with Crippen molar-refractivity contribution < 1.29 is 9.47 Å². The molecule has 1 aromatic rings. The highest BCUT2D eigenvalue weighted by atomic mass is 32.1. The minimum atomic E-state index is 0.0974. The van der Waals surface area contributed by atoms with Crippen molar-refractivity contribution in [1.82, 2.24) is 10.3 Å². The zero-order valence-electron chi connectivity index (χ0n) is 12.3. The molecule has 0 aliphatic heterocycles. The average Bonchev–Trinajstić information content (AvgIpc) is 2.88. The van der Waals surface area contributed by atoms with Gasteiger partial charge in [-0.3, -0.25) is 0 Å². The second kappa shape index (κ2) is 9.25. The van der Waals surface area contributed by atoms with E-state index >= 15 is 0 Å². The van der Waals surface area contributed by atoms with Crippen molar-refractivity contribution in [3.8, 4) is 0 Å². The van der Waals surface area contributed by atoms with E-state index < -0.39 is 0 Å². The first-order valence-electron chi connectivity index (χ1n) is 6.67. The highest BCUT2D eigenvalue weighted by Crippen LogP contribution is 2.21. The van der Waals surface area contributed by atoms with Crippen molar-refractivity contribution >= 4 is 16.5 Å². The van der Waals surface area contributed by atoms with Gasteiger partial charge in [0.1, 0.15) is 0 Å². The Morgan fingerprint density at radius 3 is 2.68 bits per heavy atom. The van der Waals surface area contributed by atoms with Gasteiger partial charge in [0.15, 0.2) is 5.13 Å². The van der Waals surface area contributed by atoms with Gasteiger partial charge in [0.25, 0.3) is 0 Å². The van der Waals surface area contributed by atoms with Crippen LogP contribution >= 0.6 is 11.3 Å². The van der Waals surface area contributed by atoms with Crippen LogP contribution in [0.5, 0.6) is 0 Å². The molecule has 1 unspecified atom stereocenters. The van der Waals surface area contributed by atoms with Crippen LogP contribution in [-0.2, 0) is 16.0 Å². The second-order valence-corrected chi connectivity index (χ2v) is 5.32. The Hall–Kier alpha value is -0.690. The van der Waals surface area contributed by atoms with Crippen molar-refractivity contribution in [1.29, 1.82) is 0 Å². The molecule has 0 amide bonds. The van der Waals surface area contributed by atoms with Gasteiger partial charge in [0.2, 0.25) is 0 Å². The van der Waals surface area contributed by atoms with E-state index in [-0.39, 0.29) is 6.10 Å². The third kappa shape index (κ3) is 5.44. The highest BCUT2D eigenvalue weighted by molar-refractivity contribution is 7.15. The first kappa shape index (κ1) is 16.4. The molecular formula is C13H25N3O2S. The molecule has 1 heterocycles. The van der Waals surface area contributed by atoms with Gasteiger partial charge in [0.05, 0.1) is 12.7 Å². The molecule has 0 aromatic carbocycles. The summed E-state index contributed by atoms with van der Waals surface area (Å²) in [6.07, 6.45) is 2.05. The van der Waals surface area contributed by atoms with E-state index in [9.17, 15) is 0 Å². The summed E-state index contributed by atoms with van der Waals surface area (Å²) in [5, 5.41) is 4.47. The van der Waals surface area contributed by atoms with Crippen LogP contribution in [-0.4, -0.2) is 51.5 Å². The van der Waals surface area contributed by atoms with E-state index in [1.165, 1.54) is 4.88 Å². The van der Waals surface area contributed by atoms with Crippen LogP contribution < -0.4 is 10.2 Å². The standard InChI is InChI=1S/C13H25N3O2S/c1-5-16(6-2)13-15-9-12(19-13)8-14-7-11(18-4)10-17-3/h9,11,14H,5-8,10H2,1-4H3. The third-order valence-corrected chi connectivity index (χ3v) is 3.99. The molecule has 110 valence electrons. The maximum atomic E-state index is 5.30. The third-order valence-electron chi connectivity index (χ3n) is 2.93. The Labute approximate surface area is 119 Å². The number of thiazole rings is 1. The second-order valence-electron chi connectivity index (χ2n) is 4.23. The van der Waals surface area contributed by atoms with Crippen molar-refractivity contribution in [2.75, 3.05) is 45.4 Å². The lowest BCUT2D eigenvalue weighted by Crippen LogP contribution is -2.31. The maximum Gasteiger partial charge on any atom is 0.185 e. The molecule has 5 nitrogen and oxygen atoms in total. The predicted molar refractivity (Wildman–Crippen MR) is 80.1 cm³/mol. The number of nitrogens with one attached hydrogen (secondary N) is 1. The van der Waals surface area contributed by atoms with Gasteiger partial charge in [-0.05, 0) is 13.8 Å². The molecule has 0 spiro atoms. The predicted octanol–water partition coefficient (Wildman–Crippen LogP) is 1.74. The fraction of sp³-hybridized carbons (Fsp3) is 0.769. The lowest BCUT2D eigenvalue weighted by Gasteiger charge is -2.16. The summed E-state index contributed by atoms with van der Waals surface area (Å²) in [5.41, 5.74) is 0. The minimum Gasteiger partial charge on any atom is -0.382 e. The summed E-state index contributed by atoms with van der Waals surface area (Å²) in [7, 11) is 3.39. The molecule has 0 saturated carbocycles. The van der Waals surface area contributed by atoms with Gasteiger partial charge >= 0.3 is 0 Å². The van der Waals surface area contributed by atoms with Crippen LogP contribution in [0.3, 0.4) is 0 Å². The van der Waals surface area contributed by atoms with Gasteiger partial charge in [-0.1, -0.05) is 0 Å².